The molecule has 3 heterocycles. The second kappa shape index (κ2) is 8.52. The van der Waals surface area contributed by atoms with Crippen molar-refractivity contribution >= 4 is 28.2 Å². The van der Waals surface area contributed by atoms with E-state index in [0.29, 0.717) is 16.9 Å². The van der Waals surface area contributed by atoms with Crippen LogP contribution in [0.15, 0.2) is 77.9 Å². The second-order valence-electron chi connectivity index (χ2n) is 7.73. The minimum atomic E-state index is -0.386. The molecule has 0 fully saturated rings. The molecule has 0 unspecified atom stereocenters. The van der Waals surface area contributed by atoms with Gasteiger partial charge in [0, 0.05) is 29.3 Å². The van der Waals surface area contributed by atoms with Crippen molar-refractivity contribution in [1.82, 2.24) is 24.7 Å². The van der Waals surface area contributed by atoms with Crippen molar-refractivity contribution in [1.29, 1.82) is 0 Å². The molecule has 0 saturated heterocycles. The Kier molecular flexibility index (Phi) is 5.24. The number of hydrogen-bond donors (Lipinski definition) is 3. The summed E-state index contributed by atoms with van der Waals surface area (Å²) in [5, 5.41) is 11.6. The zero-order chi connectivity index (χ0) is 23.7. The molecule has 0 aliphatic carbocycles. The minimum Gasteiger partial charge on any atom is -0.371 e. The van der Waals surface area contributed by atoms with Crippen LogP contribution in [0.2, 0.25) is 0 Å². The lowest BCUT2D eigenvalue weighted by molar-refractivity contribution is 0.774. The summed E-state index contributed by atoms with van der Waals surface area (Å²) >= 11 is 0. The number of nitrogens with zero attached hydrogens (tertiary/aromatic N) is 5. The van der Waals surface area contributed by atoms with Crippen LogP contribution in [0.5, 0.6) is 0 Å². The van der Waals surface area contributed by atoms with Crippen LogP contribution in [0.4, 0.5) is 17.5 Å². The number of nitrogen functional groups attached to an aromatic ring is 1. The Hall–Kier alpha value is -4.97. The third kappa shape index (κ3) is 3.63. The summed E-state index contributed by atoms with van der Waals surface area (Å²) in [5.41, 5.74) is 8.81. The SMILES string of the molecule is [C-]#[N+]c1cnc(N)nc1N[C@@H](C)c1cc2cccc(-c3ccn[nH]3)c2c(=O)n1-c1ccccc1. The van der Waals surface area contributed by atoms with Crippen molar-refractivity contribution in [3.63, 3.8) is 0 Å². The predicted molar refractivity (Wildman–Crippen MR) is 132 cm³/mol. The van der Waals surface area contributed by atoms with Crippen molar-refractivity contribution in [2.24, 2.45) is 0 Å². The van der Waals surface area contributed by atoms with Crippen molar-refractivity contribution in [3.8, 4) is 16.9 Å². The van der Waals surface area contributed by atoms with E-state index in [2.05, 4.69) is 30.3 Å². The third-order valence-electron chi connectivity index (χ3n) is 5.59. The first-order valence-corrected chi connectivity index (χ1v) is 10.6. The molecule has 9 heteroatoms. The van der Waals surface area contributed by atoms with Gasteiger partial charge in [-0.2, -0.15) is 5.10 Å². The zero-order valence-corrected chi connectivity index (χ0v) is 18.2. The fourth-order valence-electron chi connectivity index (χ4n) is 4.03. The van der Waals surface area contributed by atoms with E-state index in [1.54, 1.807) is 10.8 Å². The number of rotatable bonds is 5. The maximum atomic E-state index is 14.0. The van der Waals surface area contributed by atoms with E-state index in [4.69, 9.17) is 12.3 Å². The van der Waals surface area contributed by atoms with Crippen molar-refractivity contribution in [3.05, 3.63) is 101 Å². The highest BCUT2D eigenvalue weighted by Crippen LogP contribution is 2.31. The van der Waals surface area contributed by atoms with Crippen LogP contribution >= 0.6 is 0 Å². The summed E-state index contributed by atoms with van der Waals surface area (Å²) in [5.74, 6) is 0.374. The van der Waals surface area contributed by atoms with Gasteiger partial charge < -0.3 is 11.1 Å². The highest BCUT2D eigenvalue weighted by atomic mass is 16.1. The first-order chi connectivity index (χ1) is 16.6. The lowest BCUT2D eigenvalue weighted by atomic mass is 10.0. The van der Waals surface area contributed by atoms with Gasteiger partial charge >= 0.3 is 0 Å². The summed E-state index contributed by atoms with van der Waals surface area (Å²) in [6.45, 7) is 9.32. The summed E-state index contributed by atoms with van der Waals surface area (Å²) in [7, 11) is 0. The maximum absolute atomic E-state index is 14.0. The van der Waals surface area contributed by atoms with E-state index in [1.807, 2.05) is 67.6 Å². The van der Waals surface area contributed by atoms with Gasteiger partial charge in [-0.15, -0.1) is 0 Å². The highest BCUT2D eigenvalue weighted by molar-refractivity contribution is 5.95. The molecule has 0 aliphatic heterocycles. The quantitative estimate of drug-likeness (QED) is 0.341. The molecule has 0 spiro atoms. The van der Waals surface area contributed by atoms with Gasteiger partial charge in [0.15, 0.2) is 0 Å². The molecular formula is C25H20N8O. The molecule has 4 N–H and O–H groups in total. The summed E-state index contributed by atoms with van der Waals surface area (Å²) in [6, 6.07) is 18.6. The van der Waals surface area contributed by atoms with Crippen LogP contribution in [-0.2, 0) is 0 Å². The monoisotopic (exact) mass is 448 g/mol. The van der Waals surface area contributed by atoms with Crippen LogP contribution in [-0.4, -0.2) is 24.7 Å². The van der Waals surface area contributed by atoms with Crippen molar-refractivity contribution < 1.29 is 0 Å². The molecule has 0 bridgehead atoms. The average molecular weight is 448 g/mol. The Morgan fingerprint density at radius 2 is 1.97 bits per heavy atom. The number of H-pyrrole nitrogens is 1. The van der Waals surface area contributed by atoms with E-state index >= 15 is 0 Å². The van der Waals surface area contributed by atoms with Crippen LogP contribution < -0.4 is 16.6 Å². The molecule has 0 amide bonds. The fraction of sp³-hybridized carbons (Fsp3) is 0.0800. The number of nitrogens with two attached hydrogens (primary N) is 1. The molecule has 5 aromatic rings. The molecule has 3 aromatic heterocycles. The molecule has 2 aromatic carbocycles. The van der Waals surface area contributed by atoms with E-state index in [-0.39, 0.29) is 23.2 Å². The van der Waals surface area contributed by atoms with Gasteiger partial charge in [-0.25, -0.2) is 14.8 Å². The van der Waals surface area contributed by atoms with Gasteiger partial charge in [-0.1, -0.05) is 36.4 Å². The van der Waals surface area contributed by atoms with Gasteiger partial charge in [-0.3, -0.25) is 14.5 Å². The fourth-order valence-corrected chi connectivity index (χ4v) is 4.03. The molecule has 0 saturated carbocycles. The van der Waals surface area contributed by atoms with E-state index in [9.17, 15) is 4.79 Å². The van der Waals surface area contributed by atoms with E-state index < -0.39 is 0 Å². The van der Waals surface area contributed by atoms with Crippen LogP contribution in [0.1, 0.15) is 18.7 Å². The number of pyridine rings is 1. The molecule has 9 nitrogen and oxygen atoms in total. The molecule has 166 valence electrons. The average Bonchev–Trinajstić information content (AvgIpc) is 3.39. The van der Waals surface area contributed by atoms with Crippen LogP contribution in [0.3, 0.4) is 0 Å². The Balaban J connectivity index is 1.74. The van der Waals surface area contributed by atoms with Gasteiger partial charge in [0.2, 0.25) is 11.6 Å². The normalized spacial score (nSPS) is 11.8. The predicted octanol–water partition coefficient (Wildman–Crippen LogP) is 4.48. The number of anilines is 2. The van der Waals surface area contributed by atoms with Crippen LogP contribution in [0.25, 0.3) is 32.6 Å². The van der Waals surface area contributed by atoms with Gasteiger partial charge in [0.1, 0.15) is 5.82 Å². The lowest BCUT2D eigenvalue weighted by Gasteiger charge is -2.22. The number of nitrogens with one attached hydrogen (secondary N) is 2. The third-order valence-corrected chi connectivity index (χ3v) is 5.59. The Morgan fingerprint density at radius 3 is 2.71 bits per heavy atom. The minimum absolute atomic E-state index is 0.0604. The molecule has 0 radical (unpaired) electrons. The van der Waals surface area contributed by atoms with Gasteiger partial charge in [-0.05, 0) is 36.6 Å². The van der Waals surface area contributed by atoms with Gasteiger partial charge in [0.25, 0.3) is 5.56 Å². The number of hydrogen-bond acceptors (Lipinski definition) is 6. The summed E-state index contributed by atoms with van der Waals surface area (Å²) in [4.78, 5) is 25.6. The Morgan fingerprint density at radius 1 is 1.15 bits per heavy atom. The number of aromatic nitrogens is 5. The second-order valence-corrected chi connectivity index (χ2v) is 7.73. The highest BCUT2D eigenvalue weighted by Gasteiger charge is 2.20. The van der Waals surface area contributed by atoms with Crippen molar-refractivity contribution in [2.75, 3.05) is 11.1 Å². The number of benzene rings is 2. The molecular weight excluding hydrogens is 428 g/mol. The van der Waals surface area contributed by atoms with E-state index in [0.717, 1.165) is 22.3 Å². The van der Waals surface area contributed by atoms with Gasteiger partial charge in [0.05, 0.1) is 23.7 Å². The first-order valence-electron chi connectivity index (χ1n) is 10.6. The van der Waals surface area contributed by atoms with Crippen molar-refractivity contribution in [2.45, 2.75) is 13.0 Å². The summed E-state index contributed by atoms with van der Waals surface area (Å²) < 4.78 is 1.68. The zero-order valence-electron chi connectivity index (χ0n) is 18.2. The number of fused-ring (bicyclic) bond motifs is 1. The number of para-hydroxylation sites is 1. The standard InChI is InChI=1S/C25H20N8O/c1-15(30-23-20(27-2)14-28-25(26)31-23)21-13-16-7-6-10-18(19-11-12-29-32-19)22(16)24(34)33(21)17-8-4-3-5-9-17/h3-15H,1H3,(H,29,32)(H3,26,28,30,31)/t15-/m0/s1. The first kappa shape index (κ1) is 20.9. The Bertz CT molecular complexity index is 1580. The molecule has 1 atom stereocenters. The number of aromatic amines is 1. The lowest BCUT2D eigenvalue weighted by Crippen LogP contribution is -2.26. The molecule has 0 aliphatic rings. The Labute approximate surface area is 194 Å². The molecule has 5 rings (SSSR count). The topological polar surface area (TPSA) is 119 Å². The molecule has 34 heavy (non-hydrogen) atoms. The maximum Gasteiger partial charge on any atom is 0.263 e. The van der Waals surface area contributed by atoms with Crippen LogP contribution in [0, 0.1) is 6.57 Å². The summed E-state index contributed by atoms with van der Waals surface area (Å²) in [6.07, 6.45) is 3.04. The largest absolute Gasteiger partial charge is 0.371 e. The van der Waals surface area contributed by atoms with E-state index in [1.165, 1.54) is 6.20 Å². The smallest absolute Gasteiger partial charge is 0.263 e.